The zero-order valence-electron chi connectivity index (χ0n) is 11.2. The molecule has 0 spiro atoms. The minimum atomic E-state index is 0.492. The van der Waals surface area contributed by atoms with E-state index in [0.717, 1.165) is 24.1 Å². The van der Waals surface area contributed by atoms with Crippen molar-refractivity contribution in [2.45, 2.75) is 12.8 Å². The van der Waals surface area contributed by atoms with Gasteiger partial charge >= 0.3 is 0 Å². The number of hydrogen-bond donors (Lipinski definition) is 0. The average molecular weight is 252 g/mol. The van der Waals surface area contributed by atoms with Gasteiger partial charge in [-0.05, 0) is 36.1 Å². The van der Waals surface area contributed by atoms with Crippen molar-refractivity contribution in [2.75, 3.05) is 18.5 Å². The molecule has 0 amide bonds. The summed E-state index contributed by atoms with van der Waals surface area (Å²) in [7, 11) is 3.97. The van der Waals surface area contributed by atoms with Crippen molar-refractivity contribution in [1.29, 1.82) is 5.26 Å². The van der Waals surface area contributed by atoms with Crippen LogP contribution in [0.1, 0.15) is 17.7 Å². The summed E-state index contributed by atoms with van der Waals surface area (Å²) < 4.78 is 1.69. The lowest BCUT2D eigenvalue weighted by Gasteiger charge is -2.27. The van der Waals surface area contributed by atoms with Gasteiger partial charge in [-0.1, -0.05) is 6.07 Å². The molecular formula is C15H16N4. The van der Waals surface area contributed by atoms with E-state index < -0.39 is 0 Å². The maximum absolute atomic E-state index is 9.14. The van der Waals surface area contributed by atoms with Crippen molar-refractivity contribution in [3.05, 3.63) is 35.7 Å². The summed E-state index contributed by atoms with van der Waals surface area (Å²) in [5, 5.41) is 13.3. The number of nitrogens with zero attached hydrogens (tertiary/aromatic N) is 4. The van der Waals surface area contributed by atoms with Crippen molar-refractivity contribution < 1.29 is 0 Å². The van der Waals surface area contributed by atoms with E-state index in [1.165, 1.54) is 17.7 Å². The minimum Gasteiger partial charge on any atom is -0.374 e. The summed E-state index contributed by atoms with van der Waals surface area (Å²) in [6.07, 6.45) is 4.20. The standard InChI is InChI=1S/C15H16N4/c1-18-7-3-4-12-8-11(5-6-15(12)18)13-10-19(2)17-14(13)9-16/h5-6,8,10H,3-4,7H2,1-2H3. The fraction of sp³-hybridized carbons (Fsp3) is 0.333. The molecule has 19 heavy (non-hydrogen) atoms. The van der Waals surface area contributed by atoms with E-state index in [-0.39, 0.29) is 0 Å². The molecule has 0 atom stereocenters. The molecule has 0 N–H and O–H groups in total. The molecule has 0 aliphatic carbocycles. The van der Waals surface area contributed by atoms with E-state index in [2.05, 4.69) is 41.3 Å². The van der Waals surface area contributed by atoms with E-state index in [1.54, 1.807) is 4.68 Å². The van der Waals surface area contributed by atoms with E-state index in [9.17, 15) is 0 Å². The summed E-state index contributed by atoms with van der Waals surface area (Å²) in [5.74, 6) is 0. The predicted octanol–water partition coefficient (Wildman–Crippen LogP) is 2.34. The van der Waals surface area contributed by atoms with Gasteiger partial charge in [-0.15, -0.1) is 0 Å². The Bertz CT molecular complexity index is 663. The highest BCUT2D eigenvalue weighted by Crippen LogP contribution is 2.31. The van der Waals surface area contributed by atoms with E-state index in [1.807, 2.05) is 13.2 Å². The van der Waals surface area contributed by atoms with Crippen LogP contribution in [-0.2, 0) is 13.5 Å². The van der Waals surface area contributed by atoms with Crippen molar-refractivity contribution in [3.63, 3.8) is 0 Å². The SMILES string of the molecule is CN1CCCc2cc(-c3cn(C)nc3C#N)ccc21. The molecule has 3 rings (SSSR count). The summed E-state index contributed by atoms with van der Waals surface area (Å²) >= 11 is 0. The molecule has 0 saturated heterocycles. The Hall–Kier alpha value is -2.28. The number of nitriles is 1. The predicted molar refractivity (Wildman–Crippen MR) is 75.0 cm³/mol. The van der Waals surface area contributed by atoms with Crippen molar-refractivity contribution in [2.24, 2.45) is 7.05 Å². The number of fused-ring (bicyclic) bond motifs is 1. The third-order valence-electron chi connectivity index (χ3n) is 3.68. The molecule has 2 aromatic rings. The molecule has 4 heteroatoms. The Morgan fingerprint density at radius 3 is 2.95 bits per heavy atom. The molecule has 0 saturated carbocycles. The van der Waals surface area contributed by atoms with E-state index in [4.69, 9.17) is 5.26 Å². The normalized spacial score (nSPS) is 14.1. The van der Waals surface area contributed by atoms with Gasteiger partial charge in [0, 0.05) is 38.1 Å². The van der Waals surface area contributed by atoms with Crippen LogP contribution in [0.15, 0.2) is 24.4 Å². The molecule has 0 bridgehead atoms. The summed E-state index contributed by atoms with van der Waals surface area (Å²) in [4.78, 5) is 2.29. The number of benzene rings is 1. The Morgan fingerprint density at radius 2 is 2.16 bits per heavy atom. The fourth-order valence-corrected chi connectivity index (χ4v) is 2.74. The van der Waals surface area contributed by atoms with Crippen LogP contribution in [0.2, 0.25) is 0 Å². The molecule has 1 aromatic carbocycles. The lowest BCUT2D eigenvalue weighted by molar-refractivity contribution is 0.745. The van der Waals surface area contributed by atoms with Gasteiger partial charge in [0.25, 0.3) is 0 Å². The molecule has 2 heterocycles. The largest absolute Gasteiger partial charge is 0.374 e. The van der Waals surface area contributed by atoms with Gasteiger partial charge in [0.15, 0.2) is 5.69 Å². The van der Waals surface area contributed by atoms with Gasteiger partial charge in [-0.3, -0.25) is 4.68 Å². The van der Waals surface area contributed by atoms with Crippen LogP contribution in [0, 0.1) is 11.3 Å². The Balaban J connectivity index is 2.09. The molecule has 0 radical (unpaired) electrons. The number of aromatic nitrogens is 2. The number of hydrogen-bond acceptors (Lipinski definition) is 3. The zero-order chi connectivity index (χ0) is 13.4. The monoisotopic (exact) mass is 252 g/mol. The van der Waals surface area contributed by atoms with Gasteiger partial charge in [0.1, 0.15) is 6.07 Å². The Morgan fingerprint density at radius 1 is 1.32 bits per heavy atom. The molecular weight excluding hydrogens is 236 g/mol. The highest BCUT2D eigenvalue weighted by Gasteiger charge is 2.16. The third kappa shape index (κ3) is 1.97. The van der Waals surface area contributed by atoms with Crippen molar-refractivity contribution in [1.82, 2.24) is 9.78 Å². The molecule has 96 valence electrons. The van der Waals surface area contributed by atoms with Crippen LogP contribution in [0.4, 0.5) is 5.69 Å². The smallest absolute Gasteiger partial charge is 0.170 e. The Labute approximate surface area is 112 Å². The first kappa shape index (κ1) is 11.8. The number of aryl methyl sites for hydroxylation is 2. The van der Waals surface area contributed by atoms with Gasteiger partial charge in [0.05, 0.1) is 0 Å². The van der Waals surface area contributed by atoms with Gasteiger partial charge in [-0.25, -0.2) is 0 Å². The van der Waals surface area contributed by atoms with Gasteiger partial charge in [0.2, 0.25) is 0 Å². The maximum atomic E-state index is 9.14. The first-order valence-electron chi connectivity index (χ1n) is 6.47. The van der Waals surface area contributed by atoms with E-state index >= 15 is 0 Å². The summed E-state index contributed by atoms with van der Waals surface area (Å²) in [6, 6.07) is 8.59. The molecule has 1 aliphatic rings. The molecule has 0 fully saturated rings. The first-order valence-corrected chi connectivity index (χ1v) is 6.47. The second kappa shape index (κ2) is 4.43. The van der Waals surface area contributed by atoms with Gasteiger partial charge in [-0.2, -0.15) is 10.4 Å². The van der Waals surface area contributed by atoms with Crippen LogP contribution >= 0.6 is 0 Å². The maximum Gasteiger partial charge on any atom is 0.170 e. The highest BCUT2D eigenvalue weighted by atomic mass is 15.2. The van der Waals surface area contributed by atoms with Crippen molar-refractivity contribution in [3.8, 4) is 17.2 Å². The van der Waals surface area contributed by atoms with Gasteiger partial charge < -0.3 is 4.90 Å². The first-order chi connectivity index (χ1) is 9.19. The Kier molecular flexibility index (Phi) is 2.75. The lowest BCUT2D eigenvalue weighted by atomic mass is 9.97. The second-order valence-corrected chi connectivity index (χ2v) is 5.05. The third-order valence-corrected chi connectivity index (χ3v) is 3.68. The quantitative estimate of drug-likeness (QED) is 0.782. The zero-order valence-corrected chi connectivity index (χ0v) is 11.2. The topological polar surface area (TPSA) is 44.9 Å². The van der Waals surface area contributed by atoms with Crippen molar-refractivity contribution >= 4 is 5.69 Å². The van der Waals surface area contributed by atoms with Crippen LogP contribution in [0.25, 0.3) is 11.1 Å². The second-order valence-electron chi connectivity index (χ2n) is 5.05. The summed E-state index contributed by atoms with van der Waals surface area (Å²) in [6.45, 7) is 1.11. The minimum absolute atomic E-state index is 0.492. The number of anilines is 1. The molecule has 0 unspecified atom stereocenters. The lowest BCUT2D eigenvalue weighted by Crippen LogP contribution is -2.24. The molecule has 1 aromatic heterocycles. The fourth-order valence-electron chi connectivity index (χ4n) is 2.74. The molecule has 4 nitrogen and oxygen atoms in total. The average Bonchev–Trinajstić information content (AvgIpc) is 2.80. The summed E-state index contributed by atoms with van der Waals surface area (Å²) in [5.41, 5.74) is 5.16. The van der Waals surface area contributed by atoms with Crippen LogP contribution in [0.5, 0.6) is 0 Å². The molecule has 1 aliphatic heterocycles. The number of rotatable bonds is 1. The van der Waals surface area contributed by atoms with Crippen LogP contribution in [0.3, 0.4) is 0 Å². The van der Waals surface area contributed by atoms with Crippen LogP contribution < -0.4 is 4.90 Å². The van der Waals surface area contributed by atoms with E-state index in [0.29, 0.717) is 5.69 Å². The van der Waals surface area contributed by atoms with Crippen LogP contribution in [-0.4, -0.2) is 23.4 Å². The highest BCUT2D eigenvalue weighted by molar-refractivity contribution is 5.72.